The maximum Gasteiger partial charge on any atom is 0.320 e. The van der Waals surface area contributed by atoms with Crippen LogP contribution in [0, 0.1) is 0 Å². The Morgan fingerprint density at radius 3 is 2.81 bits per heavy atom. The van der Waals surface area contributed by atoms with Gasteiger partial charge >= 0.3 is 6.03 Å². The molecule has 2 rings (SSSR count). The number of hydrogen-bond donors (Lipinski definition) is 0. The number of urea groups is 1. The van der Waals surface area contributed by atoms with Crippen molar-refractivity contribution in [2.24, 2.45) is 0 Å². The summed E-state index contributed by atoms with van der Waals surface area (Å²) in [5.41, 5.74) is 0. The molecule has 2 amide bonds. The average molecular weight is 238 g/mol. The molecule has 1 aromatic heterocycles. The number of carbonyl (C=O) groups is 1. The Bertz CT molecular complexity index is 331. The monoisotopic (exact) mass is 238 g/mol. The number of rotatable bonds is 3. The normalized spacial score (nSPS) is 15.4. The zero-order chi connectivity index (χ0) is 11.4. The first-order valence-electron chi connectivity index (χ1n) is 5.87. The zero-order valence-corrected chi connectivity index (χ0v) is 10.5. The van der Waals surface area contributed by atoms with Gasteiger partial charge in [0.1, 0.15) is 0 Å². The molecule has 1 fully saturated rings. The first-order valence-corrected chi connectivity index (χ1v) is 6.75. The second-order valence-electron chi connectivity index (χ2n) is 4.07. The van der Waals surface area contributed by atoms with Crippen LogP contribution in [0.25, 0.3) is 0 Å². The summed E-state index contributed by atoms with van der Waals surface area (Å²) in [6.07, 6.45) is 2.31. The highest BCUT2D eigenvalue weighted by Gasteiger charge is 2.22. The van der Waals surface area contributed by atoms with Crippen LogP contribution in [0.1, 0.15) is 24.6 Å². The molecule has 88 valence electrons. The van der Waals surface area contributed by atoms with Gasteiger partial charge in [-0.05, 0) is 31.2 Å². The van der Waals surface area contributed by atoms with Gasteiger partial charge < -0.3 is 9.80 Å². The van der Waals surface area contributed by atoms with Crippen molar-refractivity contribution < 1.29 is 4.79 Å². The molecule has 0 atom stereocenters. The van der Waals surface area contributed by atoms with Gasteiger partial charge in [0.2, 0.25) is 0 Å². The van der Waals surface area contributed by atoms with E-state index in [0.29, 0.717) is 0 Å². The minimum atomic E-state index is 0.202. The molecule has 0 aromatic carbocycles. The van der Waals surface area contributed by atoms with Crippen LogP contribution in [0.4, 0.5) is 4.79 Å². The van der Waals surface area contributed by atoms with Crippen LogP contribution in [0.3, 0.4) is 0 Å². The summed E-state index contributed by atoms with van der Waals surface area (Å²) < 4.78 is 0. The fourth-order valence-electron chi connectivity index (χ4n) is 2.01. The van der Waals surface area contributed by atoms with Crippen LogP contribution in [-0.4, -0.2) is 35.5 Å². The van der Waals surface area contributed by atoms with E-state index in [-0.39, 0.29) is 6.03 Å². The van der Waals surface area contributed by atoms with Gasteiger partial charge in [-0.25, -0.2) is 4.79 Å². The van der Waals surface area contributed by atoms with Gasteiger partial charge in [-0.1, -0.05) is 6.07 Å². The molecule has 0 saturated carbocycles. The fraction of sp³-hybridized carbons (Fsp3) is 0.583. The largest absolute Gasteiger partial charge is 0.325 e. The third kappa shape index (κ3) is 2.55. The Morgan fingerprint density at radius 1 is 1.50 bits per heavy atom. The molecule has 1 aliphatic heterocycles. The molecule has 0 radical (unpaired) electrons. The van der Waals surface area contributed by atoms with Crippen LogP contribution in [0.5, 0.6) is 0 Å². The molecule has 4 heteroatoms. The lowest BCUT2D eigenvalue weighted by Crippen LogP contribution is -2.41. The summed E-state index contributed by atoms with van der Waals surface area (Å²) in [5.74, 6) is 0. The summed E-state index contributed by atoms with van der Waals surface area (Å²) in [5, 5.41) is 2.06. The van der Waals surface area contributed by atoms with Gasteiger partial charge in [0, 0.05) is 24.5 Å². The van der Waals surface area contributed by atoms with Crippen molar-refractivity contribution in [3.63, 3.8) is 0 Å². The van der Waals surface area contributed by atoms with E-state index in [1.165, 1.54) is 4.88 Å². The summed E-state index contributed by atoms with van der Waals surface area (Å²) in [7, 11) is 0. The summed E-state index contributed by atoms with van der Waals surface area (Å²) in [6.45, 7) is 5.44. The van der Waals surface area contributed by atoms with E-state index in [9.17, 15) is 4.79 Å². The lowest BCUT2D eigenvalue weighted by molar-refractivity contribution is 0.163. The van der Waals surface area contributed by atoms with Crippen molar-refractivity contribution in [3.05, 3.63) is 22.4 Å². The molecule has 0 unspecified atom stereocenters. The van der Waals surface area contributed by atoms with Crippen molar-refractivity contribution in [2.75, 3.05) is 19.6 Å². The van der Waals surface area contributed by atoms with Crippen LogP contribution >= 0.6 is 11.3 Å². The van der Waals surface area contributed by atoms with Crippen molar-refractivity contribution >= 4 is 17.4 Å². The van der Waals surface area contributed by atoms with Gasteiger partial charge in [0.05, 0.1) is 6.54 Å². The smallest absolute Gasteiger partial charge is 0.320 e. The van der Waals surface area contributed by atoms with E-state index in [0.717, 1.165) is 39.0 Å². The standard InChI is InChI=1S/C12H18N2OS/c1-2-13(10-11-6-5-9-16-11)12(15)14-7-3-4-8-14/h5-6,9H,2-4,7-8,10H2,1H3. The highest BCUT2D eigenvalue weighted by Crippen LogP contribution is 2.15. The first-order chi connectivity index (χ1) is 7.81. The molecule has 0 spiro atoms. The fourth-order valence-corrected chi connectivity index (χ4v) is 2.73. The van der Waals surface area contributed by atoms with Gasteiger partial charge in [0.25, 0.3) is 0 Å². The molecule has 16 heavy (non-hydrogen) atoms. The third-order valence-electron chi connectivity index (χ3n) is 2.96. The van der Waals surface area contributed by atoms with Crippen molar-refractivity contribution in [1.82, 2.24) is 9.80 Å². The molecule has 0 aliphatic carbocycles. The highest BCUT2D eigenvalue weighted by molar-refractivity contribution is 7.09. The Morgan fingerprint density at radius 2 is 2.25 bits per heavy atom. The van der Waals surface area contributed by atoms with Crippen molar-refractivity contribution in [1.29, 1.82) is 0 Å². The predicted molar refractivity (Wildman–Crippen MR) is 66.6 cm³/mol. The Balaban J connectivity index is 1.96. The lowest BCUT2D eigenvalue weighted by atomic mass is 10.4. The molecule has 3 nitrogen and oxygen atoms in total. The summed E-state index contributed by atoms with van der Waals surface area (Å²) in [6, 6.07) is 4.33. The van der Waals surface area contributed by atoms with E-state index in [2.05, 4.69) is 11.4 Å². The molecular weight excluding hydrogens is 220 g/mol. The summed E-state index contributed by atoms with van der Waals surface area (Å²) in [4.78, 5) is 17.3. The van der Waals surface area contributed by atoms with E-state index < -0.39 is 0 Å². The quantitative estimate of drug-likeness (QED) is 0.794. The van der Waals surface area contributed by atoms with E-state index in [4.69, 9.17) is 0 Å². The molecule has 2 heterocycles. The predicted octanol–water partition coefficient (Wildman–Crippen LogP) is 2.79. The number of hydrogen-bond acceptors (Lipinski definition) is 2. The minimum absolute atomic E-state index is 0.202. The van der Waals surface area contributed by atoms with Crippen LogP contribution < -0.4 is 0 Å². The number of carbonyl (C=O) groups excluding carboxylic acids is 1. The maximum atomic E-state index is 12.2. The Kier molecular flexibility index (Phi) is 3.83. The van der Waals surface area contributed by atoms with E-state index in [1.54, 1.807) is 11.3 Å². The Labute approximate surface area is 101 Å². The topological polar surface area (TPSA) is 23.6 Å². The number of amides is 2. The molecule has 0 bridgehead atoms. The van der Waals surface area contributed by atoms with E-state index in [1.807, 2.05) is 22.8 Å². The number of thiophene rings is 1. The summed E-state index contributed by atoms with van der Waals surface area (Å²) >= 11 is 1.71. The number of likely N-dealkylation sites (tertiary alicyclic amines) is 1. The average Bonchev–Trinajstić information content (AvgIpc) is 2.97. The molecule has 1 aromatic rings. The van der Waals surface area contributed by atoms with Crippen LogP contribution in [0.15, 0.2) is 17.5 Å². The molecule has 1 aliphatic rings. The third-order valence-corrected chi connectivity index (χ3v) is 3.82. The molecule has 1 saturated heterocycles. The SMILES string of the molecule is CCN(Cc1cccs1)C(=O)N1CCCC1. The van der Waals surface area contributed by atoms with Crippen LogP contribution in [-0.2, 0) is 6.54 Å². The van der Waals surface area contributed by atoms with Gasteiger partial charge in [0.15, 0.2) is 0 Å². The number of nitrogens with zero attached hydrogens (tertiary/aromatic N) is 2. The highest BCUT2D eigenvalue weighted by atomic mass is 32.1. The van der Waals surface area contributed by atoms with Gasteiger partial charge in [-0.2, -0.15) is 0 Å². The van der Waals surface area contributed by atoms with E-state index >= 15 is 0 Å². The Hall–Kier alpha value is -1.03. The zero-order valence-electron chi connectivity index (χ0n) is 9.69. The van der Waals surface area contributed by atoms with Gasteiger partial charge in [-0.3, -0.25) is 0 Å². The maximum absolute atomic E-state index is 12.2. The first kappa shape index (κ1) is 11.5. The minimum Gasteiger partial charge on any atom is -0.325 e. The van der Waals surface area contributed by atoms with Gasteiger partial charge in [-0.15, -0.1) is 11.3 Å². The van der Waals surface area contributed by atoms with Crippen molar-refractivity contribution in [3.8, 4) is 0 Å². The molecule has 0 N–H and O–H groups in total. The van der Waals surface area contributed by atoms with Crippen molar-refractivity contribution in [2.45, 2.75) is 26.3 Å². The second-order valence-corrected chi connectivity index (χ2v) is 5.10. The molecular formula is C12H18N2OS. The second kappa shape index (κ2) is 5.34. The lowest BCUT2D eigenvalue weighted by Gasteiger charge is -2.26. The van der Waals surface area contributed by atoms with Crippen LogP contribution in [0.2, 0.25) is 0 Å².